The molecule has 0 amide bonds. The lowest BCUT2D eigenvalue weighted by atomic mass is 10.1. The Morgan fingerprint density at radius 1 is 1.19 bits per heavy atom. The van der Waals surface area contributed by atoms with E-state index in [0.29, 0.717) is 31.4 Å². The third kappa shape index (κ3) is 6.30. The second-order valence-electron chi connectivity index (χ2n) is 4.41. The summed E-state index contributed by atoms with van der Waals surface area (Å²) in [4.78, 5) is 2.60. The predicted molar refractivity (Wildman–Crippen MR) is 95.2 cm³/mol. The van der Waals surface area contributed by atoms with Crippen molar-refractivity contribution in [2.75, 3.05) is 44.4 Å². The van der Waals surface area contributed by atoms with Crippen LogP contribution in [0.15, 0.2) is 22.7 Å². The third-order valence-corrected chi connectivity index (χ3v) is 3.70. The van der Waals surface area contributed by atoms with Gasteiger partial charge in [0.2, 0.25) is 0 Å². The molecule has 0 fully saturated rings. The van der Waals surface area contributed by atoms with Gasteiger partial charge in [-0.05, 0) is 32.0 Å². The number of rotatable bonds is 10. The number of hydrogen-bond donors (Lipinski definition) is 1. The molecule has 0 heterocycles. The minimum Gasteiger partial charge on any atom is -0.389 e. The van der Waals surface area contributed by atoms with Crippen molar-refractivity contribution in [2.45, 2.75) is 13.8 Å². The van der Waals surface area contributed by atoms with Crippen LogP contribution in [0.3, 0.4) is 0 Å². The van der Waals surface area contributed by atoms with Crippen LogP contribution in [-0.4, -0.2) is 44.5 Å². The summed E-state index contributed by atoms with van der Waals surface area (Å²) in [7, 11) is 0. The summed E-state index contributed by atoms with van der Waals surface area (Å²) in [5.74, 6) is 0. The lowest BCUT2D eigenvalue weighted by Crippen LogP contribution is -2.33. The Morgan fingerprint density at radius 2 is 1.76 bits per heavy atom. The van der Waals surface area contributed by atoms with Crippen molar-refractivity contribution < 1.29 is 9.47 Å². The van der Waals surface area contributed by atoms with Gasteiger partial charge in [0.15, 0.2) is 0 Å². The maximum absolute atomic E-state index is 5.84. The topological polar surface area (TPSA) is 47.7 Å². The summed E-state index contributed by atoms with van der Waals surface area (Å²) < 4.78 is 11.9. The molecule has 0 atom stereocenters. The number of hydrogen-bond acceptors (Lipinski definition) is 4. The minimum absolute atomic E-state index is 0.398. The van der Waals surface area contributed by atoms with Gasteiger partial charge in [0.05, 0.1) is 13.2 Å². The highest BCUT2D eigenvalue weighted by atomic mass is 79.9. The van der Waals surface area contributed by atoms with Crippen LogP contribution in [0.5, 0.6) is 0 Å². The van der Waals surface area contributed by atoms with Crippen molar-refractivity contribution >= 4 is 38.8 Å². The summed E-state index contributed by atoms with van der Waals surface area (Å²) in [5.41, 5.74) is 7.73. The van der Waals surface area contributed by atoms with E-state index in [1.54, 1.807) is 0 Å². The van der Waals surface area contributed by atoms with Gasteiger partial charge < -0.3 is 20.1 Å². The van der Waals surface area contributed by atoms with Crippen LogP contribution >= 0.6 is 28.1 Å². The first-order chi connectivity index (χ1) is 10.1. The maximum Gasteiger partial charge on any atom is 0.106 e. The number of halogens is 1. The summed E-state index contributed by atoms with van der Waals surface area (Å²) in [6, 6.07) is 5.92. The van der Waals surface area contributed by atoms with Gasteiger partial charge in [0.1, 0.15) is 4.99 Å². The van der Waals surface area contributed by atoms with E-state index in [0.717, 1.165) is 28.8 Å². The van der Waals surface area contributed by atoms with Crippen molar-refractivity contribution in [3.8, 4) is 0 Å². The number of ether oxygens (including phenoxy) is 2. The number of thiocarbonyl (C=S) groups is 1. The van der Waals surface area contributed by atoms with Crippen LogP contribution in [0.2, 0.25) is 0 Å². The molecule has 0 aliphatic rings. The fourth-order valence-electron chi connectivity index (χ4n) is 1.97. The van der Waals surface area contributed by atoms with Crippen LogP contribution in [-0.2, 0) is 9.47 Å². The number of anilines is 1. The molecule has 1 aromatic carbocycles. The van der Waals surface area contributed by atoms with E-state index >= 15 is 0 Å². The van der Waals surface area contributed by atoms with Gasteiger partial charge in [-0.3, -0.25) is 0 Å². The van der Waals surface area contributed by atoms with E-state index in [2.05, 4.69) is 20.8 Å². The minimum atomic E-state index is 0.398. The second kappa shape index (κ2) is 10.1. The molecule has 1 rings (SSSR count). The molecule has 0 saturated carbocycles. The number of nitrogens with zero attached hydrogens (tertiary/aromatic N) is 1. The summed E-state index contributed by atoms with van der Waals surface area (Å²) in [6.07, 6.45) is 0. The normalized spacial score (nSPS) is 10.6. The van der Waals surface area contributed by atoms with E-state index in [-0.39, 0.29) is 0 Å². The zero-order valence-corrected chi connectivity index (χ0v) is 15.0. The van der Waals surface area contributed by atoms with Gasteiger partial charge in [-0.2, -0.15) is 0 Å². The molecule has 0 aromatic heterocycles. The molecule has 4 nitrogen and oxygen atoms in total. The van der Waals surface area contributed by atoms with E-state index in [9.17, 15) is 0 Å². The first-order valence-corrected chi connectivity index (χ1v) is 8.30. The van der Waals surface area contributed by atoms with Crippen molar-refractivity contribution in [3.05, 3.63) is 28.2 Å². The lowest BCUT2D eigenvalue weighted by Gasteiger charge is -2.27. The Hall–Kier alpha value is -0.690. The zero-order valence-electron chi connectivity index (χ0n) is 12.6. The Balaban J connectivity index is 2.93. The molecule has 0 bridgehead atoms. The Kier molecular flexibility index (Phi) is 8.84. The molecule has 118 valence electrons. The van der Waals surface area contributed by atoms with Gasteiger partial charge in [-0.1, -0.05) is 28.1 Å². The van der Waals surface area contributed by atoms with Gasteiger partial charge in [-0.25, -0.2) is 0 Å². The highest BCUT2D eigenvalue weighted by molar-refractivity contribution is 9.10. The standard InChI is InChI=1S/C15H23BrN2O2S/c1-3-19-9-7-18(8-10-20-4-2)14-11-12(16)5-6-13(14)15(17)21/h5-6,11H,3-4,7-10H2,1-2H3,(H2,17,21). The first kappa shape index (κ1) is 18.4. The molecule has 21 heavy (non-hydrogen) atoms. The molecule has 0 radical (unpaired) electrons. The Labute approximate surface area is 140 Å². The Bertz CT molecular complexity index is 447. The molecule has 2 N–H and O–H groups in total. The maximum atomic E-state index is 5.84. The van der Waals surface area contributed by atoms with Gasteiger partial charge in [0.25, 0.3) is 0 Å². The van der Waals surface area contributed by atoms with Crippen LogP contribution in [0.25, 0.3) is 0 Å². The van der Waals surface area contributed by atoms with Gasteiger partial charge >= 0.3 is 0 Å². The molecule has 1 aromatic rings. The molecular formula is C15H23BrN2O2S. The van der Waals surface area contributed by atoms with Gasteiger partial charge in [-0.15, -0.1) is 0 Å². The fraction of sp³-hybridized carbons (Fsp3) is 0.533. The summed E-state index contributed by atoms with van der Waals surface area (Å²) >= 11 is 8.66. The highest BCUT2D eigenvalue weighted by Crippen LogP contribution is 2.25. The van der Waals surface area contributed by atoms with Crippen molar-refractivity contribution in [1.82, 2.24) is 0 Å². The SMILES string of the molecule is CCOCCN(CCOCC)c1cc(Br)ccc1C(N)=S. The van der Waals surface area contributed by atoms with Crippen LogP contribution in [0, 0.1) is 0 Å². The first-order valence-electron chi connectivity index (χ1n) is 7.09. The van der Waals surface area contributed by atoms with Crippen LogP contribution < -0.4 is 10.6 Å². The highest BCUT2D eigenvalue weighted by Gasteiger charge is 2.13. The average Bonchev–Trinajstić information content (AvgIpc) is 2.45. The fourth-order valence-corrected chi connectivity index (χ4v) is 2.49. The average molecular weight is 375 g/mol. The summed E-state index contributed by atoms with van der Waals surface area (Å²) in [6.45, 7) is 8.26. The molecule has 0 aliphatic heterocycles. The summed E-state index contributed by atoms with van der Waals surface area (Å²) in [5, 5.41) is 0. The predicted octanol–water partition coefficient (Wildman–Crippen LogP) is 2.96. The molecule has 0 saturated heterocycles. The quantitative estimate of drug-likeness (QED) is 0.503. The molecule has 0 unspecified atom stereocenters. The van der Waals surface area contributed by atoms with Crippen molar-refractivity contribution in [2.24, 2.45) is 5.73 Å². The number of nitrogens with two attached hydrogens (primary N) is 1. The monoisotopic (exact) mass is 374 g/mol. The van der Waals surface area contributed by atoms with Gasteiger partial charge in [0, 0.05) is 42.0 Å². The third-order valence-electron chi connectivity index (χ3n) is 2.99. The lowest BCUT2D eigenvalue weighted by molar-refractivity contribution is 0.141. The van der Waals surface area contributed by atoms with Crippen molar-refractivity contribution in [3.63, 3.8) is 0 Å². The molecule has 0 aliphatic carbocycles. The second-order valence-corrected chi connectivity index (χ2v) is 5.76. The molecule has 6 heteroatoms. The van der Waals surface area contributed by atoms with Crippen LogP contribution in [0.1, 0.15) is 19.4 Å². The largest absolute Gasteiger partial charge is 0.389 e. The van der Waals surface area contributed by atoms with Crippen LogP contribution in [0.4, 0.5) is 5.69 Å². The Morgan fingerprint density at radius 3 is 2.24 bits per heavy atom. The zero-order chi connectivity index (χ0) is 15.7. The van der Waals surface area contributed by atoms with Crippen molar-refractivity contribution in [1.29, 1.82) is 0 Å². The van der Waals surface area contributed by atoms with E-state index in [1.165, 1.54) is 0 Å². The smallest absolute Gasteiger partial charge is 0.106 e. The van der Waals surface area contributed by atoms with E-state index in [4.69, 9.17) is 27.4 Å². The number of benzene rings is 1. The van der Waals surface area contributed by atoms with E-state index in [1.807, 2.05) is 32.0 Å². The van der Waals surface area contributed by atoms with E-state index < -0.39 is 0 Å². The molecular weight excluding hydrogens is 352 g/mol. The molecule has 0 spiro atoms.